The number of imidazole rings is 1. The van der Waals surface area contributed by atoms with Crippen LogP contribution in [-0.4, -0.2) is 88.3 Å². The number of halogens is 2. The molecule has 14 nitrogen and oxygen atoms in total. The molecule has 5 atom stereocenters. The van der Waals surface area contributed by atoms with Crippen molar-refractivity contribution < 1.29 is 47.7 Å². The summed E-state index contributed by atoms with van der Waals surface area (Å²) in [4.78, 5) is 42.6. The quantitative estimate of drug-likeness (QED) is 0.187. The normalized spacial score (nSPS) is 27.2. The molecule has 0 bridgehead atoms. The lowest BCUT2D eigenvalue weighted by Gasteiger charge is -2.49. The molecule has 0 radical (unpaired) electrons. The summed E-state index contributed by atoms with van der Waals surface area (Å²) in [7, 11) is -9.56. The van der Waals surface area contributed by atoms with Crippen LogP contribution in [0.15, 0.2) is 24.5 Å². The number of rotatable bonds is 7. The van der Waals surface area contributed by atoms with Gasteiger partial charge in [-0.05, 0) is 47.7 Å². The van der Waals surface area contributed by atoms with Crippen LogP contribution in [-0.2, 0) is 30.2 Å². The Kier molecular flexibility index (Phi) is 6.87. The summed E-state index contributed by atoms with van der Waals surface area (Å²) in [5, 5.41) is 21.1. The minimum Gasteiger partial charge on any atom is -0.387 e. The van der Waals surface area contributed by atoms with E-state index in [1.165, 1.54) is 17.0 Å². The number of aromatic nitrogens is 4. The molecule has 2 aromatic heterocycles. The molecule has 0 amide bonds. The third kappa shape index (κ3) is 4.98. The number of aryl methyl sites for hydroxylation is 1. The zero-order valence-electron chi connectivity index (χ0n) is 20.6. The highest BCUT2D eigenvalue weighted by atomic mass is 35.5. The van der Waals surface area contributed by atoms with Crippen molar-refractivity contribution in [1.29, 1.82) is 0 Å². The Balaban J connectivity index is 1.22. The fourth-order valence-corrected chi connectivity index (χ4v) is 8.50. The van der Waals surface area contributed by atoms with Gasteiger partial charge in [0.25, 0.3) is 0 Å². The molecular weight excluding hydrogens is 595 g/mol. The summed E-state index contributed by atoms with van der Waals surface area (Å²) in [5.41, 5.74) is 2.45. The number of hydrogen-bond acceptors (Lipinski definition) is 10. The van der Waals surface area contributed by atoms with Gasteiger partial charge in [-0.15, -0.1) is 0 Å². The molecule has 1 spiro atoms. The smallest absolute Gasteiger partial charge is 0.340 e. The Labute approximate surface area is 231 Å². The lowest BCUT2D eigenvalue weighted by atomic mass is 9.74. The van der Waals surface area contributed by atoms with E-state index in [0.29, 0.717) is 24.4 Å². The van der Waals surface area contributed by atoms with Gasteiger partial charge in [0.05, 0.1) is 12.9 Å². The third-order valence-electron chi connectivity index (χ3n) is 7.59. The molecule has 3 aliphatic rings. The molecular formula is C22H25ClFN5O9P2. The second-order valence-electron chi connectivity index (χ2n) is 10.4. The van der Waals surface area contributed by atoms with Gasteiger partial charge >= 0.3 is 15.2 Å². The van der Waals surface area contributed by atoms with Gasteiger partial charge in [-0.2, -0.15) is 9.97 Å². The van der Waals surface area contributed by atoms with Gasteiger partial charge in [0.15, 0.2) is 29.1 Å². The van der Waals surface area contributed by atoms with Gasteiger partial charge in [-0.25, -0.2) is 9.37 Å². The molecule has 216 valence electrons. The van der Waals surface area contributed by atoms with Crippen molar-refractivity contribution in [1.82, 2.24) is 19.5 Å². The monoisotopic (exact) mass is 619 g/mol. The largest absolute Gasteiger partial charge is 0.387 e. The maximum Gasteiger partial charge on any atom is 0.340 e. The first kappa shape index (κ1) is 28.1. The molecule has 1 aliphatic carbocycles. The first-order valence-electron chi connectivity index (χ1n) is 12.2. The summed E-state index contributed by atoms with van der Waals surface area (Å²) in [5.74, 6) is -1.25. The van der Waals surface area contributed by atoms with Crippen molar-refractivity contribution in [3.05, 3.63) is 46.8 Å². The van der Waals surface area contributed by atoms with Crippen LogP contribution in [0.25, 0.3) is 11.2 Å². The number of anilines is 1. The van der Waals surface area contributed by atoms with Crippen molar-refractivity contribution in [2.75, 3.05) is 30.5 Å². The van der Waals surface area contributed by atoms with Crippen LogP contribution >= 0.6 is 26.8 Å². The molecule has 2 aliphatic heterocycles. The Morgan fingerprint density at radius 3 is 2.65 bits per heavy atom. The zero-order valence-corrected chi connectivity index (χ0v) is 23.2. The number of aliphatic hydroxyl groups excluding tert-OH is 2. The second-order valence-corrected chi connectivity index (χ2v) is 14.7. The van der Waals surface area contributed by atoms with Gasteiger partial charge in [-0.1, -0.05) is 6.07 Å². The van der Waals surface area contributed by atoms with Crippen molar-refractivity contribution in [3.8, 4) is 0 Å². The van der Waals surface area contributed by atoms with Gasteiger partial charge in [0.1, 0.15) is 24.1 Å². The molecule has 3 aromatic rings. The molecule has 2 fully saturated rings. The van der Waals surface area contributed by atoms with Crippen LogP contribution in [0.2, 0.25) is 5.28 Å². The fourth-order valence-electron chi connectivity index (χ4n) is 5.77. The summed E-state index contributed by atoms with van der Waals surface area (Å²) in [6.07, 6.45) is -2.63. The second kappa shape index (κ2) is 9.77. The van der Waals surface area contributed by atoms with E-state index in [1.54, 1.807) is 6.07 Å². The summed E-state index contributed by atoms with van der Waals surface area (Å²) in [6, 6.07) is 4.87. The third-order valence-corrected chi connectivity index (χ3v) is 11.2. The minimum absolute atomic E-state index is 0.102. The van der Waals surface area contributed by atoms with E-state index in [9.17, 15) is 28.6 Å². The zero-order chi connectivity index (χ0) is 28.6. The predicted octanol–water partition coefficient (Wildman–Crippen LogP) is 1.28. The molecule has 40 heavy (non-hydrogen) atoms. The maximum atomic E-state index is 14.0. The number of benzene rings is 1. The lowest BCUT2D eigenvalue weighted by Crippen LogP contribution is -2.58. The fraction of sp³-hybridized carbons (Fsp3) is 0.500. The van der Waals surface area contributed by atoms with E-state index >= 15 is 0 Å². The number of fused-ring (bicyclic) bond motifs is 3. The standard InChI is InChI=1S/C22H25ClFN5O9P2/c23-21-26-18(28-7-22(8-28)4-3-11-1-2-12(24)5-13(11)22)15-19(27-21)29(9-25-15)20-17(31)16(30)14(38-20)6-37-40(35,36)10-39(32,33)34/h1-2,5,9,14,16-17,20,30-31H,3-4,6-8,10H2,(H,35,36)(H2,32,33,34)/t14-,16?,17+,20-/m1/s1. The van der Waals surface area contributed by atoms with Gasteiger partial charge < -0.3 is 39.1 Å². The topological polar surface area (TPSA) is 201 Å². The van der Waals surface area contributed by atoms with Gasteiger partial charge in [-0.3, -0.25) is 13.7 Å². The molecule has 2 unspecified atom stereocenters. The van der Waals surface area contributed by atoms with E-state index in [4.69, 9.17) is 30.6 Å². The van der Waals surface area contributed by atoms with Crippen LogP contribution < -0.4 is 4.90 Å². The van der Waals surface area contributed by atoms with E-state index in [-0.39, 0.29) is 22.2 Å². The molecule has 6 rings (SSSR count). The van der Waals surface area contributed by atoms with Crippen LogP contribution in [0.4, 0.5) is 10.2 Å². The Morgan fingerprint density at radius 1 is 1.18 bits per heavy atom. The Morgan fingerprint density at radius 2 is 1.93 bits per heavy atom. The van der Waals surface area contributed by atoms with Gasteiger partial charge in [0.2, 0.25) is 5.28 Å². The van der Waals surface area contributed by atoms with Crippen molar-refractivity contribution in [2.24, 2.45) is 0 Å². The van der Waals surface area contributed by atoms with Crippen molar-refractivity contribution >= 4 is 43.8 Å². The summed E-state index contributed by atoms with van der Waals surface area (Å²) in [6.45, 7) is 0.401. The molecule has 1 aromatic carbocycles. The molecule has 5 N–H and O–H groups in total. The molecule has 4 heterocycles. The average Bonchev–Trinajstić information content (AvgIpc) is 3.49. The predicted molar refractivity (Wildman–Crippen MR) is 138 cm³/mol. The van der Waals surface area contributed by atoms with Gasteiger partial charge in [0, 0.05) is 18.5 Å². The highest BCUT2D eigenvalue weighted by Crippen LogP contribution is 2.55. The van der Waals surface area contributed by atoms with E-state index in [1.807, 2.05) is 11.0 Å². The Bertz CT molecular complexity index is 1580. The minimum atomic E-state index is -4.85. The van der Waals surface area contributed by atoms with E-state index in [0.717, 1.165) is 24.0 Å². The van der Waals surface area contributed by atoms with Crippen molar-refractivity contribution in [2.45, 2.75) is 42.8 Å². The molecule has 18 heteroatoms. The maximum absolute atomic E-state index is 14.0. The Hall–Kier alpha value is -2.03. The summed E-state index contributed by atoms with van der Waals surface area (Å²) >= 11 is 6.25. The first-order chi connectivity index (χ1) is 18.8. The van der Waals surface area contributed by atoms with Crippen LogP contribution in [0, 0.1) is 5.82 Å². The van der Waals surface area contributed by atoms with E-state index in [2.05, 4.69) is 15.0 Å². The van der Waals surface area contributed by atoms with Crippen LogP contribution in [0.5, 0.6) is 0 Å². The molecule has 0 saturated carbocycles. The SMILES string of the molecule is O=P(O)(O)CP(=O)(O)OC[C@H]1O[C@@H](n2cnc3c(N4CC5(CCc6ccc(F)cc65)C4)nc(Cl)nc32)[C@@H](O)C1O. The van der Waals surface area contributed by atoms with Crippen molar-refractivity contribution in [3.63, 3.8) is 0 Å². The highest BCUT2D eigenvalue weighted by Gasteiger charge is 2.50. The van der Waals surface area contributed by atoms with Crippen LogP contribution in [0.1, 0.15) is 23.8 Å². The van der Waals surface area contributed by atoms with Crippen LogP contribution in [0.3, 0.4) is 0 Å². The first-order valence-corrected chi connectivity index (χ1v) is 16.2. The van der Waals surface area contributed by atoms with E-state index < -0.39 is 52.2 Å². The summed E-state index contributed by atoms with van der Waals surface area (Å²) < 4.78 is 48.8. The number of aliphatic hydroxyl groups is 2. The number of hydrogen-bond donors (Lipinski definition) is 5. The average molecular weight is 620 g/mol. The molecule has 2 saturated heterocycles. The highest BCUT2D eigenvalue weighted by molar-refractivity contribution is 7.70. The number of nitrogens with zero attached hydrogens (tertiary/aromatic N) is 5. The number of ether oxygens (including phenoxy) is 1. The lowest BCUT2D eigenvalue weighted by molar-refractivity contribution is -0.0483.